The molecule has 6 heteroatoms. The number of hydrogen-bond donors (Lipinski definition) is 1. The predicted octanol–water partition coefficient (Wildman–Crippen LogP) is 0.519. The van der Waals surface area contributed by atoms with Crippen molar-refractivity contribution in [2.45, 2.75) is 12.5 Å². The number of hydrogen-bond acceptors (Lipinski definition) is 5. The summed E-state index contributed by atoms with van der Waals surface area (Å²) in [6.45, 7) is 4.14. The van der Waals surface area contributed by atoms with Crippen molar-refractivity contribution in [1.29, 1.82) is 5.26 Å². The zero-order valence-corrected chi connectivity index (χ0v) is 14.1. The van der Waals surface area contributed by atoms with Crippen molar-refractivity contribution in [1.82, 2.24) is 9.80 Å². The van der Waals surface area contributed by atoms with Crippen LogP contribution in [0, 0.1) is 17.2 Å². The van der Waals surface area contributed by atoms with Crippen molar-refractivity contribution in [3.8, 4) is 6.07 Å². The Balaban J connectivity index is 1.62. The largest absolute Gasteiger partial charge is 0.392 e. The zero-order valence-electron chi connectivity index (χ0n) is 14.1. The van der Waals surface area contributed by atoms with Gasteiger partial charge in [0.15, 0.2) is 0 Å². The van der Waals surface area contributed by atoms with Gasteiger partial charge >= 0.3 is 0 Å². The number of likely N-dealkylation sites (tertiary alicyclic amines) is 1. The Morgan fingerprint density at radius 2 is 1.92 bits per heavy atom. The van der Waals surface area contributed by atoms with Crippen molar-refractivity contribution in [3.63, 3.8) is 0 Å². The average Bonchev–Trinajstić information content (AvgIpc) is 2.63. The third-order valence-corrected chi connectivity index (χ3v) is 5.05. The zero-order chi connectivity index (χ0) is 17.1. The molecule has 128 valence electrons. The van der Waals surface area contributed by atoms with Gasteiger partial charge in [0.2, 0.25) is 5.91 Å². The molecule has 0 unspecified atom stereocenters. The number of nitrogens with zero attached hydrogens (tertiary/aromatic N) is 4. The van der Waals surface area contributed by atoms with Crippen LogP contribution in [-0.2, 0) is 4.79 Å². The molecular weight excluding hydrogens is 304 g/mol. The van der Waals surface area contributed by atoms with Crippen molar-refractivity contribution in [3.05, 3.63) is 29.8 Å². The normalized spacial score (nSPS) is 25.4. The summed E-state index contributed by atoms with van der Waals surface area (Å²) < 4.78 is 0. The fourth-order valence-corrected chi connectivity index (χ4v) is 3.59. The molecule has 2 atom stereocenters. The maximum Gasteiger partial charge on any atom is 0.229 e. The van der Waals surface area contributed by atoms with Crippen molar-refractivity contribution < 1.29 is 9.90 Å². The summed E-state index contributed by atoms with van der Waals surface area (Å²) in [6, 6.07) is 9.80. The molecule has 2 aliphatic heterocycles. The summed E-state index contributed by atoms with van der Waals surface area (Å²) in [4.78, 5) is 18.9. The molecule has 2 aliphatic rings. The molecule has 1 aromatic rings. The van der Waals surface area contributed by atoms with E-state index in [-0.39, 0.29) is 11.8 Å². The fourth-order valence-electron chi connectivity index (χ4n) is 3.59. The van der Waals surface area contributed by atoms with Crippen LogP contribution in [0.1, 0.15) is 12.0 Å². The minimum atomic E-state index is -0.536. The maximum atomic E-state index is 12.7. The summed E-state index contributed by atoms with van der Waals surface area (Å²) in [5.74, 6) is -0.260. The molecule has 24 heavy (non-hydrogen) atoms. The first kappa shape index (κ1) is 16.7. The summed E-state index contributed by atoms with van der Waals surface area (Å²) in [5.41, 5.74) is 1.60. The number of benzene rings is 1. The third kappa shape index (κ3) is 3.37. The van der Waals surface area contributed by atoms with E-state index in [9.17, 15) is 15.2 Å². The van der Waals surface area contributed by atoms with Crippen molar-refractivity contribution in [2.75, 3.05) is 51.2 Å². The summed E-state index contributed by atoms with van der Waals surface area (Å²) in [6.07, 6.45) is 0.119. The second-order valence-electron chi connectivity index (χ2n) is 6.67. The van der Waals surface area contributed by atoms with Gasteiger partial charge in [-0.3, -0.25) is 4.79 Å². The lowest BCUT2D eigenvalue weighted by Crippen LogP contribution is -2.55. The fraction of sp³-hybridized carbons (Fsp3) is 0.556. The predicted molar refractivity (Wildman–Crippen MR) is 91.6 cm³/mol. The molecule has 0 spiro atoms. The standard InChI is InChI=1S/C18H24N4O2/c1-20-7-6-17(23)15(13-20)18(24)22-10-8-21(9-11-22)16-5-3-2-4-14(16)12-19/h2-5,15,17,23H,6-11,13H2,1H3/t15-,17+/m1/s1. The van der Waals surface area contributed by atoms with Gasteiger partial charge in [-0.05, 0) is 25.6 Å². The lowest BCUT2D eigenvalue weighted by atomic mass is 9.93. The molecule has 0 radical (unpaired) electrons. The second-order valence-corrected chi connectivity index (χ2v) is 6.67. The van der Waals surface area contributed by atoms with Crippen LogP contribution in [-0.4, -0.2) is 73.2 Å². The molecule has 1 N–H and O–H groups in total. The van der Waals surface area contributed by atoms with E-state index in [4.69, 9.17) is 0 Å². The van der Waals surface area contributed by atoms with Crippen LogP contribution in [0.2, 0.25) is 0 Å². The summed E-state index contributed by atoms with van der Waals surface area (Å²) >= 11 is 0. The van der Waals surface area contributed by atoms with E-state index in [0.717, 1.165) is 12.2 Å². The summed E-state index contributed by atoms with van der Waals surface area (Å²) in [5, 5.41) is 19.4. The monoisotopic (exact) mass is 328 g/mol. The number of nitriles is 1. The van der Waals surface area contributed by atoms with Gasteiger partial charge < -0.3 is 19.8 Å². The van der Waals surface area contributed by atoms with Gasteiger partial charge in [-0.15, -0.1) is 0 Å². The van der Waals surface area contributed by atoms with Gasteiger partial charge in [-0.2, -0.15) is 5.26 Å². The molecule has 2 saturated heterocycles. The first-order chi connectivity index (χ1) is 11.6. The number of aliphatic hydroxyl groups is 1. The Morgan fingerprint density at radius 1 is 1.21 bits per heavy atom. The smallest absolute Gasteiger partial charge is 0.229 e. The van der Waals surface area contributed by atoms with Crippen LogP contribution < -0.4 is 4.90 Å². The first-order valence-electron chi connectivity index (χ1n) is 8.49. The van der Waals surface area contributed by atoms with E-state index in [1.165, 1.54) is 0 Å². The highest BCUT2D eigenvalue weighted by molar-refractivity contribution is 5.80. The first-order valence-corrected chi connectivity index (χ1v) is 8.49. The lowest BCUT2D eigenvalue weighted by Gasteiger charge is -2.40. The molecule has 6 nitrogen and oxygen atoms in total. The van der Waals surface area contributed by atoms with Crippen LogP contribution in [0.3, 0.4) is 0 Å². The summed E-state index contributed by atoms with van der Waals surface area (Å²) in [7, 11) is 1.99. The van der Waals surface area contributed by atoms with Gasteiger partial charge in [-0.1, -0.05) is 12.1 Å². The number of piperazine rings is 1. The Labute approximate surface area is 142 Å². The lowest BCUT2D eigenvalue weighted by molar-refractivity contribution is -0.142. The minimum absolute atomic E-state index is 0.0577. The number of carbonyl (C=O) groups excluding carboxylic acids is 1. The van der Waals surface area contributed by atoms with E-state index < -0.39 is 6.10 Å². The highest BCUT2D eigenvalue weighted by Crippen LogP contribution is 2.23. The van der Waals surface area contributed by atoms with Gasteiger partial charge in [0.25, 0.3) is 0 Å². The molecule has 3 rings (SSSR count). The van der Waals surface area contributed by atoms with Gasteiger partial charge in [-0.25, -0.2) is 0 Å². The highest BCUT2D eigenvalue weighted by Gasteiger charge is 2.35. The number of anilines is 1. The number of rotatable bonds is 2. The SMILES string of the molecule is CN1CC[C@H](O)[C@H](C(=O)N2CCN(c3ccccc3C#N)CC2)C1. The van der Waals surface area contributed by atoms with Crippen LogP contribution in [0.5, 0.6) is 0 Å². The molecule has 0 saturated carbocycles. The number of carbonyl (C=O) groups is 1. The molecule has 0 aliphatic carbocycles. The molecular formula is C18H24N4O2. The minimum Gasteiger partial charge on any atom is -0.392 e. The Kier molecular flexibility index (Phi) is 5.03. The Morgan fingerprint density at radius 3 is 2.62 bits per heavy atom. The van der Waals surface area contributed by atoms with Gasteiger partial charge in [0.1, 0.15) is 6.07 Å². The topological polar surface area (TPSA) is 70.8 Å². The third-order valence-electron chi connectivity index (χ3n) is 5.05. The van der Waals surface area contributed by atoms with Crippen molar-refractivity contribution >= 4 is 11.6 Å². The van der Waals surface area contributed by atoms with Crippen LogP contribution in [0.4, 0.5) is 5.69 Å². The molecule has 1 aromatic carbocycles. The van der Waals surface area contributed by atoms with E-state index >= 15 is 0 Å². The molecule has 2 fully saturated rings. The van der Waals surface area contributed by atoms with Crippen LogP contribution >= 0.6 is 0 Å². The molecule has 1 amide bonds. The maximum absolute atomic E-state index is 12.7. The van der Waals surface area contributed by atoms with Gasteiger partial charge in [0, 0.05) is 39.3 Å². The van der Waals surface area contributed by atoms with Crippen LogP contribution in [0.15, 0.2) is 24.3 Å². The van der Waals surface area contributed by atoms with Gasteiger partial charge in [0.05, 0.1) is 23.3 Å². The van der Waals surface area contributed by atoms with Crippen molar-refractivity contribution in [2.24, 2.45) is 5.92 Å². The number of aliphatic hydroxyl groups excluding tert-OH is 1. The van der Waals surface area contributed by atoms with E-state index in [1.807, 2.05) is 36.2 Å². The Hall–Kier alpha value is -2.10. The van der Waals surface area contributed by atoms with E-state index in [0.29, 0.717) is 44.7 Å². The number of amides is 1. The van der Waals surface area contributed by atoms with E-state index in [2.05, 4.69) is 15.9 Å². The number of piperidine rings is 1. The number of para-hydroxylation sites is 1. The second kappa shape index (κ2) is 7.20. The van der Waals surface area contributed by atoms with E-state index in [1.54, 1.807) is 0 Å². The molecule has 0 aromatic heterocycles. The molecule has 0 bridgehead atoms. The average molecular weight is 328 g/mol. The molecule has 2 heterocycles. The Bertz CT molecular complexity index is 634. The highest BCUT2D eigenvalue weighted by atomic mass is 16.3. The van der Waals surface area contributed by atoms with Crippen LogP contribution in [0.25, 0.3) is 0 Å². The quantitative estimate of drug-likeness (QED) is 0.857.